The zero-order chi connectivity index (χ0) is 12.5. The van der Waals surface area contributed by atoms with E-state index in [9.17, 15) is 10.2 Å². The van der Waals surface area contributed by atoms with Gasteiger partial charge in [0.25, 0.3) is 0 Å². The molecule has 0 aliphatic rings. The monoisotopic (exact) mass is 228 g/mol. The molecule has 0 aromatic heterocycles. The number of aromatic hydroxyl groups is 1. The highest BCUT2D eigenvalue weighted by Crippen LogP contribution is 2.30. The molecule has 0 fully saturated rings. The van der Waals surface area contributed by atoms with Gasteiger partial charge in [-0.25, -0.2) is 0 Å². The van der Waals surface area contributed by atoms with Crippen molar-refractivity contribution >= 4 is 0 Å². The van der Waals surface area contributed by atoms with Crippen LogP contribution in [0.4, 0.5) is 0 Å². The molecule has 0 bridgehead atoms. The van der Waals surface area contributed by atoms with Gasteiger partial charge >= 0.3 is 0 Å². The number of aliphatic hydroxyl groups is 1. The van der Waals surface area contributed by atoms with E-state index >= 15 is 0 Å². The third-order valence-electron chi connectivity index (χ3n) is 3.01. The van der Waals surface area contributed by atoms with Crippen molar-refractivity contribution in [3.05, 3.63) is 65.2 Å². The van der Waals surface area contributed by atoms with Gasteiger partial charge < -0.3 is 10.2 Å². The van der Waals surface area contributed by atoms with Crippen LogP contribution in [0.2, 0.25) is 0 Å². The zero-order valence-electron chi connectivity index (χ0n) is 10.0. The summed E-state index contributed by atoms with van der Waals surface area (Å²) < 4.78 is 0. The second-order valence-electron chi connectivity index (χ2n) is 4.49. The first kappa shape index (κ1) is 11.7. The lowest BCUT2D eigenvalue weighted by Crippen LogP contribution is -2.22. The molecule has 1 atom stereocenters. The van der Waals surface area contributed by atoms with Crippen LogP contribution in [0.5, 0.6) is 5.75 Å². The van der Waals surface area contributed by atoms with Crippen LogP contribution in [0.25, 0.3) is 0 Å². The van der Waals surface area contributed by atoms with E-state index in [0.717, 1.165) is 16.7 Å². The average molecular weight is 228 g/mol. The largest absolute Gasteiger partial charge is 0.508 e. The normalized spacial score (nSPS) is 14.3. The maximum Gasteiger partial charge on any atom is 0.115 e. The first-order valence-electron chi connectivity index (χ1n) is 5.59. The van der Waals surface area contributed by atoms with E-state index in [0.29, 0.717) is 0 Å². The first-order chi connectivity index (χ1) is 8.00. The van der Waals surface area contributed by atoms with E-state index in [2.05, 4.69) is 0 Å². The highest BCUT2D eigenvalue weighted by atomic mass is 16.3. The minimum absolute atomic E-state index is 0.203. The molecule has 0 aliphatic heterocycles. The maximum absolute atomic E-state index is 10.6. The van der Waals surface area contributed by atoms with Crippen molar-refractivity contribution in [2.45, 2.75) is 19.4 Å². The van der Waals surface area contributed by atoms with E-state index < -0.39 is 5.60 Å². The van der Waals surface area contributed by atoms with Gasteiger partial charge in [0.15, 0.2) is 0 Å². The molecule has 0 spiro atoms. The minimum Gasteiger partial charge on any atom is -0.508 e. The second kappa shape index (κ2) is 4.22. The second-order valence-corrected chi connectivity index (χ2v) is 4.49. The lowest BCUT2D eigenvalue weighted by Gasteiger charge is -2.25. The smallest absolute Gasteiger partial charge is 0.115 e. The number of phenols is 1. The van der Waals surface area contributed by atoms with Crippen LogP contribution in [0.1, 0.15) is 23.6 Å². The topological polar surface area (TPSA) is 40.5 Å². The van der Waals surface area contributed by atoms with Gasteiger partial charge in [-0.3, -0.25) is 0 Å². The molecule has 0 radical (unpaired) electrons. The number of phenolic OH excluding ortho intramolecular Hbond substituents is 1. The van der Waals surface area contributed by atoms with Crippen molar-refractivity contribution in [1.29, 1.82) is 0 Å². The summed E-state index contributed by atoms with van der Waals surface area (Å²) in [5.74, 6) is 0.203. The highest BCUT2D eigenvalue weighted by Gasteiger charge is 2.25. The van der Waals surface area contributed by atoms with Crippen LogP contribution in [0, 0.1) is 6.92 Å². The molecule has 2 heteroatoms. The number of aryl methyl sites for hydroxylation is 1. The summed E-state index contributed by atoms with van der Waals surface area (Å²) in [5, 5.41) is 19.8. The molecule has 2 aromatic carbocycles. The molecule has 0 amide bonds. The Morgan fingerprint density at radius 3 is 2.18 bits per heavy atom. The maximum atomic E-state index is 10.6. The molecule has 2 nitrogen and oxygen atoms in total. The van der Waals surface area contributed by atoms with Gasteiger partial charge in [0.05, 0.1) is 0 Å². The first-order valence-corrected chi connectivity index (χ1v) is 5.59. The number of hydrogen-bond acceptors (Lipinski definition) is 2. The molecule has 17 heavy (non-hydrogen) atoms. The van der Waals surface area contributed by atoms with E-state index in [1.54, 1.807) is 31.2 Å². The number of benzene rings is 2. The van der Waals surface area contributed by atoms with Crippen LogP contribution in [-0.2, 0) is 5.60 Å². The van der Waals surface area contributed by atoms with Gasteiger partial charge in [-0.05, 0) is 37.1 Å². The Labute approximate surface area is 101 Å². The standard InChI is InChI=1S/C15H16O2/c1-11-4-3-5-13(10-11)15(2,17)12-6-8-14(16)9-7-12/h3-10,16-17H,1-2H3. The Bertz CT molecular complexity index is 513. The van der Waals surface area contributed by atoms with E-state index in [1.165, 1.54) is 0 Å². The molecule has 0 saturated carbocycles. The molecule has 0 aliphatic carbocycles. The molecule has 2 N–H and O–H groups in total. The zero-order valence-corrected chi connectivity index (χ0v) is 10.0. The number of rotatable bonds is 2. The van der Waals surface area contributed by atoms with Crippen LogP contribution < -0.4 is 0 Å². The fourth-order valence-electron chi connectivity index (χ4n) is 1.90. The van der Waals surface area contributed by atoms with Crippen molar-refractivity contribution in [2.24, 2.45) is 0 Å². The van der Waals surface area contributed by atoms with Crippen molar-refractivity contribution in [2.75, 3.05) is 0 Å². The van der Waals surface area contributed by atoms with Gasteiger partial charge in [0.1, 0.15) is 11.4 Å². The van der Waals surface area contributed by atoms with Gasteiger partial charge in [-0.15, -0.1) is 0 Å². The van der Waals surface area contributed by atoms with E-state index in [1.807, 2.05) is 31.2 Å². The Hall–Kier alpha value is -1.80. The third-order valence-corrected chi connectivity index (χ3v) is 3.01. The summed E-state index contributed by atoms with van der Waals surface area (Å²) in [6.07, 6.45) is 0. The van der Waals surface area contributed by atoms with Crippen LogP contribution in [0.15, 0.2) is 48.5 Å². The molecule has 1 unspecified atom stereocenters. The van der Waals surface area contributed by atoms with Gasteiger partial charge in [-0.2, -0.15) is 0 Å². The average Bonchev–Trinajstić information content (AvgIpc) is 2.29. The van der Waals surface area contributed by atoms with Crippen molar-refractivity contribution < 1.29 is 10.2 Å². The Morgan fingerprint density at radius 2 is 1.59 bits per heavy atom. The molecule has 88 valence electrons. The molecular weight excluding hydrogens is 212 g/mol. The van der Waals surface area contributed by atoms with Crippen molar-refractivity contribution in [3.63, 3.8) is 0 Å². The fourth-order valence-corrected chi connectivity index (χ4v) is 1.90. The lowest BCUT2D eigenvalue weighted by molar-refractivity contribution is 0.102. The summed E-state index contributed by atoms with van der Waals surface area (Å²) in [7, 11) is 0. The van der Waals surface area contributed by atoms with Crippen molar-refractivity contribution in [3.8, 4) is 5.75 Å². The van der Waals surface area contributed by atoms with Gasteiger partial charge in [0, 0.05) is 0 Å². The summed E-state index contributed by atoms with van der Waals surface area (Å²) >= 11 is 0. The molecular formula is C15H16O2. The molecule has 0 heterocycles. The Balaban J connectivity index is 2.45. The molecule has 2 rings (SSSR count). The Kier molecular flexibility index (Phi) is 2.90. The summed E-state index contributed by atoms with van der Waals surface area (Å²) in [4.78, 5) is 0. The predicted octanol–water partition coefficient (Wildman–Crippen LogP) is 2.96. The van der Waals surface area contributed by atoms with Gasteiger partial charge in [0.2, 0.25) is 0 Å². The lowest BCUT2D eigenvalue weighted by atomic mass is 9.87. The number of hydrogen-bond donors (Lipinski definition) is 2. The molecule has 2 aromatic rings. The van der Waals surface area contributed by atoms with Crippen LogP contribution in [0.3, 0.4) is 0 Å². The Morgan fingerprint density at radius 1 is 0.941 bits per heavy atom. The van der Waals surface area contributed by atoms with Crippen LogP contribution >= 0.6 is 0 Å². The molecule has 0 saturated heterocycles. The minimum atomic E-state index is -1.04. The van der Waals surface area contributed by atoms with E-state index in [4.69, 9.17) is 0 Å². The quantitative estimate of drug-likeness (QED) is 0.829. The summed E-state index contributed by atoms with van der Waals surface area (Å²) in [6, 6.07) is 14.4. The predicted molar refractivity (Wildman–Crippen MR) is 68.0 cm³/mol. The highest BCUT2D eigenvalue weighted by molar-refractivity contribution is 5.38. The third kappa shape index (κ3) is 2.32. The van der Waals surface area contributed by atoms with Gasteiger partial charge in [-0.1, -0.05) is 42.0 Å². The van der Waals surface area contributed by atoms with Crippen LogP contribution in [-0.4, -0.2) is 10.2 Å². The summed E-state index contributed by atoms with van der Waals surface area (Å²) in [6.45, 7) is 3.75. The fraction of sp³-hybridized carbons (Fsp3) is 0.200. The summed E-state index contributed by atoms with van der Waals surface area (Å²) in [5.41, 5.74) is 1.69. The van der Waals surface area contributed by atoms with E-state index in [-0.39, 0.29) is 5.75 Å². The van der Waals surface area contributed by atoms with Crippen molar-refractivity contribution in [1.82, 2.24) is 0 Å². The SMILES string of the molecule is Cc1cccc(C(C)(O)c2ccc(O)cc2)c1.